The van der Waals surface area contributed by atoms with Crippen LogP contribution in [0.3, 0.4) is 0 Å². The largest absolute Gasteiger partial charge is 0.388 e. The van der Waals surface area contributed by atoms with Gasteiger partial charge in [0.2, 0.25) is 0 Å². The van der Waals surface area contributed by atoms with Crippen molar-refractivity contribution >= 4 is 33.2 Å². The van der Waals surface area contributed by atoms with Crippen LogP contribution in [0, 0.1) is 0 Å². The first-order valence-corrected chi connectivity index (χ1v) is 6.09. The Bertz CT molecular complexity index is 371. The van der Waals surface area contributed by atoms with Gasteiger partial charge in [0.1, 0.15) is 0 Å². The van der Waals surface area contributed by atoms with E-state index in [0.717, 1.165) is 3.79 Å². The zero-order chi connectivity index (χ0) is 11.0. The van der Waals surface area contributed by atoms with Gasteiger partial charge >= 0.3 is 0 Å². The molecule has 2 atom stereocenters. The fraction of sp³-hybridized carbons (Fsp3) is 0.444. The molecule has 1 aliphatic rings. The molecule has 15 heavy (non-hydrogen) atoms. The summed E-state index contributed by atoms with van der Waals surface area (Å²) < 4.78 is 0.895. The van der Waals surface area contributed by atoms with Gasteiger partial charge in [-0.2, -0.15) is 0 Å². The lowest BCUT2D eigenvalue weighted by atomic mass is 10.3. The quantitative estimate of drug-likeness (QED) is 0.800. The number of amides is 1. The highest BCUT2D eigenvalue weighted by Gasteiger charge is 2.33. The maximum absolute atomic E-state index is 11.8. The minimum absolute atomic E-state index is 0.138. The van der Waals surface area contributed by atoms with Crippen LogP contribution >= 0.6 is 27.3 Å². The first-order chi connectivity index (χ1) is 7.08. The van der Waals surface area contributed by atoms with Gasteiger partial charge in [-0.25, -0.2) is 0 Å². The van der Waals surface area contributed by atoms with Crippen molar-refractivity contribution in [2.24, 2.45) is 0 Å². The Morgan fingerprint density at radius 2 is 2.00 bits per heavy atom. The predicted molar refractivity (Wildman–Crippen MR) is 59.9 cm³/mol. The average molecular weight is 292 g/mol. The fourth-order valence-electron chi connectivity index (χ4n) is 1.52. The monoisotopic (exact) mass is 291 g/mol. The molecular weight excluding hydrogens is 282 g/mol. The third-order valence-electron chi connectivity index (χ3n) is 2.33. The smallest absolute Gasteiger partial charge is 0.264 e. The summed E-state index contributed by atoms with van der Waals surface area (Å²) in [5, 5.41) is 18.6. The molecule has 0 saturated carbocycles. The molecule has 1 fully saturated rings. The maximum atomic E-state index is 11.8. The van der Waals surface area contributed by atoms with Crippen molar-refractivity contribution in [3.05, 3.63) is 20.8 Å². The molecule has 6 heteroatoms. The van der Waals surface area contributed by atoms with Crippen LogP contribution in [0.15, 0.2) is 15.9 Å². The molecular formula is C9H10BrNO3S. The van der Waals surface area contributed by atoms with Crippen molar-refractivity contribution in [3.8, 4) is 0 Å². The molecule has 2 heterocycles. The molecule has 0 aromatic carbocycles. The molecule has 4 nitrogen and oxygen atoms in total. The lowest BCUT2D eigenvalue weighted by Gasteiger charge is -2.13. The second-order valence-corrected chi connectivity index (χ2v) is 5.91. The highest BCUT2D eigenvalue weighted by atomic mass is 79.9. The van der Waals surface area contributed by atoms with Crippen LogP contribution in [0.25, 0.3) is 0 Å². The molecule has 82 valence electrons. The number of β-amino-alcohol motifs (C(OH)–C–C–N with tert-alkyl or cyclic N) is 2. The molecule has 2 N–H and O–H groups in total. The SMILES string of the molecule is O=C(c1ccc(Br)s1)N1CC(O)C(O)C1. The Hall–Kier alpha value is -0.430. The standard InChI is InChI=1S/C9H10BrNO3S/c10-8-2-1-7(15-8)9(14)11-3-5(12)6(13)4-11/h1-2,5-6,12-13H,3-4H2. The van der Waals surface area contributed by atoms with Crippen LogP contribution in [0.1, 0.15) is 9.67 Å². The van der Waals surface area contributed by atoms with E-state index in [4.69, 9.17) is 0 Å². The number of halogens is 1. The summed E-state index contributed by atoms with van der Waals surface area (Å²) in [4.78, 5) is 13.9. The molecule has 1 amide bonds. The summed E-state index contributed by atoms with van der Waals surface area (Å²) >= 11 is 4.63. The number of nitrogens with zero attached hydrogens (tertiary/aromatic N) is 1. The van der Waals surface area contributed by atoms with Gasteiger partial charge in [-0.15, -0.1) is 11.3 Å². The molecule has 0 radical (unpaired) electrons. The number of carbonyl (C=O) groups is 1. The Morgan fingerprint density at radius 3 is 2.47 bits per heavy atom. The second kappa shape index (κ2) is 4.21. The molecule has 2 rings (SSSR count). The van der Waals surface area contributed by atoms with Gasteiger partial charge < -0.3 is 15.1 Å². The van der Waals surface area contributed by atoms with Gasteiger partial charge in [-0.1, -0.05) is 0 Å². The number of hydrogen-bond donors (Lipinski definition) is 2. The lowest BCUT2D eigenvalue weighted by molar-refractivity contribution is 0.0572. The van der Waals surface area contributed by atoms with E-state index in [2.05, 4.69) is 15.9 Å². The summed E-state index contributed by atoms with van der Waals surface area (Å²) in [7, 11) is 0. The topological polar surface area (TPSA) is 60.8 Å². The van der Waals surface area contributed by atoms with E-state index in [9.17, 15) is 15.0 Å². The van der Waals surface area contributed by atoms with Crippen molar-refractivity contribution in [1.82, 2.24) is 4.90 Å². The molecule has 1 saturated heterocycles. The summed E-state index contributed by atoms with van der Waals surface area (Å²) in [6.07, 6.45) is -1.64. The van der Waals surface area contributed by atoms with E-state index in [-0.39, 0.29) is 19.0 Å². The van der Waals surface area contributed by atoms with Crippen LogP contribution in [0.2, 0.25) is 0 Å². The first-order valence-electron chi connectivity index (χ1n) is 4.48. The lowest BCUT2D eigenvalue weighted by Crippen LogP contribution is -2.29. The van der Waals surface area contributed by atoms with Gasteiger partial charge in [0.25, 0.3) is 5.91 Å². The first kappa shape index (κ1) is 11.1. The number of carbonyl (C=O) groups excluding carboxylic acids is 1. The van der Waals surface area contributed by atoms with Gasteiger partial charge in [0.15, 0.2) is 0 Å². The molecule has 0 bridgehead atoms. The molecule has 1 aliphatic heterocycles. The highest BCUT2D eigenvalue weighted by molar-refractivity contribution is 9.11. The third-order valence-corrected chi connectivity index (χ3v) is 3.94. The molecule has 1 aromatic heterocycles. The van der Waals surface area contributed by atoms with Gasteiger partial charge in [-0.3, -0.25) is 4.79 Å². The molecule has 0 spiro atoms. The maximum Gasteiger partial charge on any atom is 0.264 e. The summed E-state index contributed by atoms with van der Waals surface area (Å²) in [6, 6.07) is 3.54. The second-order valence-electron chi connectivity index (χ2n) is 3.45. The van der Waals surface area contributed by atoms with Crippen molar-refractivity contribution in [2.75, 3.05) is 13.1 Å². The van der Waals surface area contributed by atoms with Gasteiger partial charge in [0, 0.05) is 13.1 Å². The molecule has 0 aliphatic carbocycles. The van der Waals surface area contributed by atoms with Gasteiger partial charge in [0.05, 0.1) is 20.9 Å². The summed E-state index contributed by atoms with van der Waals surface area (Å²) in [6.45, 7) is 0.408. The van der Waals surface area contributed by atoms with E-state index in [0.29, 0.717) is 4.88 Å². The Kier molecular flexibility index (Phi) is 3.11. The van der Waals surface area contributed by atoms with E-state index >= 15 is 0 Å². The highest BCUT2D eigenvalue weighted by Crippen LogP contribution is 2.24. The minimum Gasteiger partial charge on any atom is -0.388 e. The van der Waals surface area contributed by atoms with Crippen molar-refractivity contribution in [1.29, 1.82) is 0 Å². The number of thiophene rings is 1. The predicted octanol–water partition coefficient (Wildman–Crippen LogP) is 0.688. The zero-order valence-electron chi connectivity index (χ0n) is 7.76. The van der Waals surface area contributed by atoms with Crippen LogP contribution in [-0.4, -0.2) is 46.3 Å². The number of likely N-dealkylation sites (tertiary alicyclic amines) is 1. The van der Waals surface area contributed by atoms with Crippen molar-refractivity contribution < 1.29 is 15.0 Å². The van der Waals surface area contributed by atoms with Crippen LogP contribution in [0.4, 0.5) is 0 Å². The van der Waals surface area contributed by atoms with Crippen LogP contribution < -0.4 is 0 Å². The number of aliphatic hydroxyl groups is 2. The van der Waals surface area contributed by atoms with Gasteiger partial charge in [-0.05, 0) is 28.1 Å². The fourth-order valence-corrected chi connectivity index (χ4v) is 2.87. The number of aliphatic hydroxyl groups excluding tert-OH is 2. The zero-order valence-corrected chi connectivity index (χ0v) is 10.2. The van der Waals surface area contributed by atoms with Crippen molar-refractivity contribution in [3.63, 3.8) is 0 Å². The van der Waals surface area contributed by atoms with E-state index in [1.54, 1.807) is 12.1 Å². The summed E-state index contributed by atoms with van der Waals surface area (Å²) in [5.74, 6) is -0.138. The van der Waals surface area contributed by atoms with E-state index in [1.807, 2.05) is 0 Å². The van der Waals surface area contributed by atoms with Crippen LogP contribution in [0.5, 0.6) is 0 Å². The normalized spacial score (nSPS) is 25.9. The van der Waals surface area contributed by atoms with E-state index in [1.165, 1.54) is 16.2 Å². The van der Waals surface area contributed by atoms with Crippen molar-refractivity contribution in [2.45, 2.75) is 12.2 Å². The Labute approximate surface area is 99.3 Å². The Morgan fingerprint density at radius 1 is 1.40 bits per heavy atom. The molecule has 2 unspecified atom stereocenters. The van der Waals surface area contributed by atoms with E-state index < -0.39 is 12.2 Å². The molecule has 1 aromatic rings. The van der Waals surface area contributed by atoms with Crippen LogP contribution in [-0.2, 0) is 0 Å². The Balaban J connectivity index is 2.10. The average Bonchev–Trinajstić information content (AvgIpc) is 2.74. The summed E-state index contributed by atoms with van der Waals surface area (Å²) in [5.41, 5.74) is 0. The minimum atomic E-state index is -0.822. The third kappa shape index (κ3) is 2.23. The number of hydrogen-bond acceptors (Lipinski definition) is 4. The number of rotatable bonds is 1.